The highest BCUT2D eigenvalue weighted by Crippen LogP contribution is 2.29. The average Bonchev–Trinajstić information content (AvgIpc) is 3.16. The monoisotopic (exact) mass is 333 g/mol. The molecule has 1 aliphatic heterocycles. The number of rotatable bonds is 4. The Labute approximate surface area is 135 Å². The van der Waals surface area contributed by atoms with Gasteiger partial charge in [0.1, 0.15) is 11.6 Å². The number of likely N-dealkylation sites (tertiary alicyclic amines) is 1. The summed E-state index contributed by atoms with van der Waals surface area (Å²) in [4.78, 5) is 6.44. The van der Waals surface area contributed by atoms with Crippen molar-refractivity contribution in [1.82, 2.24) is 15.0 Å². The van der Waals surface area contributed by atoms with Crippen LogP contribution >= 0.6 is 11.3 Å². The normalized spacial score (nSPS) is 15.7. The molecule has 0 spiro atoms. The van der Waals surface area contributed by atoms with Crippen molar-refractivity contribution in [3.8, 4) is 11.4 Å². The van der Waals surface area contributed by atoms with Crippen molar-refractivity contribution >= 4 is 11.3 Å². The maximum absolute atomic E-state index is 13.6. The first-order valence-corrected chi connectivity index (χ1v) is 8.16. The zero-order valence-corrected chi connectivity index (χ0v) is 12.9. The van der Waals surface area contributed by atoms with Crippen molar-refractivity contribution < 1.29 is 13.3 Å². The lowest BCUT2D eigenvalue weighted by Gasteiger charge is -2.37. The molecule has 2 aromatic heterocycles. The van der Waals surface area contributed by atoms with Gasteiger partial charge in [-0.1, -0.05) is 5.16 Å². The van der Waals surface area contributed by atoms with E-state index in [1.165, 1.54) is 6.07 Å². The van der Waals surface area contributed by atoms with Crippen LogP contribution in [-0.2, 0) is 6.54 Å². The number of thiophene rings is 1. The van der Waals surface area contributed by atoms with Crippen molar-refractivity contribution in [2.24, 2.45) is 0 Å². The molecule has 23 heavy (non-hydrogen) atoms. The summed E-state index contributed by atoms with van der Waals surface area (Å²) in [5, 5.41) is 7.92. The lowest BCUT2D eigenvalue weighted by Crippen LogP contribution is -2.44. The quantitative estimate of drug-likeness (QED) is 0.730. The molecule has 7 heteroatoms. The highest BCUT2D eigenvalue weighted by Gasteiger charge is 2.33. The van der Waals surface area contributed by atoms with E-state index in [0.29, 0.717) is 36.9 Å². The number of benzene rings is 1. The zero-order chi connectivity index (χ0) is 15.8. The smallest absolute Gasteiger partial charge is 0.232 e. The third kappa shape index (κ3) is 2.89. The second kappa shape index (κ2) is 5.82. The second-order valence-corrected chi connectivity index (χ2v) is 6.38. The number of hydrogen-bond acceptors (Lipinski definition) is 5. The Kier molecular flexibility index (Phi) is 3.66. The molecule has 3 aromatic rings. The number of nitrogens with zero attached hydrogens (tertiary/aromatic N) is 3. The molecule has 0 bridgehead atoms. The summed E-state index contributed by atoms with van der Waals surface area (Å²) in [6.45, 7) is 1.77. The highest BCUT2D eigenvalue weighted by atomic mass is 32.1. The first-order valence-electron chi connectivity index (χ1n) is 7.21. The summed E-state index contributed by atoms with van der Waals surface area (Å²) in [7, 11) is 0. The summed E-state index contributed by atoms with van der Waals surface area (Å²) < 4.78 is 32.1. The molecule has 0 saturated carbocycles. The molecule has 1 aromatic carbocycles. The molecule has 1 fully saturated rings. The highest BCUT2D eigenvalue weighted by molar-refractivity contribution is 7.08. The van der Waals surface area contributed by atoms with Gasteiger partial charge in [0.2, 0.25) is 11.7 Å². The van der Waals surface area contributed by atoms with E-state index in [-0.39, 0.29) is 11.7 Å². The summed E-state index contributed by atoms with van der Waals surface area (Å²) in [6.07, 6.45) is 0. The Morgan fingerprint density at radius 2 is 2.13 bits per heavy atom. The lowest BCUT2D eigenvalue weighted by molar-refractivity contribution is 0.116. The van der Waals surface area contributed by atoms with E-state index in [9.17, 15) is 8.78 Å². The number of halogens is 2. The second-order valence-electron chi connectivity index (χ2n) is 5.59. The van der Waals surface area contributed by atoms with Crippen LogP contribution in [0.25, 0.3) is 11.4 Å². The summed E-state index contributed by atoms with van der Waals surface area (Å²) in [6, 6.07) is 5.47. The van der Waals surface area contributed by atoms with E-state index in [1.54, 1.807) is 11.3 Å². The fourth-order valence-electron chi connectivity index (χ4n) is 2.67. The molecule has 0 amide bonds. The molecular weight excluding hydrogens is 320 g/mol. The third-order valence-corrected chi connectivity index (χ3v) is 4.61. The molecule has 3 heterocycles. The molecule has 1 aliphatic rings. The molecule has 0 atom stereocenters. The standard InChI is InChI=1S/C16H13F2N3OS/c17-13-1-2-14(18)11(5-13)6-21-7-12(8-21)16-19-15(20-22-16)10-3-4-23-9-10/h1-5,9,12H,6-8H2. The molecular formula is C16H13F2N3OS. The summed E-state index contributed by atoms with van der Waals surface area (Å²) >= 11 is 1.58. The molecule has 4 rings (SSSR count). The molecule has 0 aliphatic carbocycles. The van der Waals surface area contributed by atoms with E-state index in [0.717, 1.165) is 17.7 Å². The Hall–Kier alpha value is -2.12. The molecule has 0 unspecified atom stereocenters. The van der Waals surface area contributed by atoms with Gasteiger partial charge < -0.3 is 4.52 Å². The first kappa shape index (κ1) is 14.5. The van der Waals surface area contributed by atoms with Crippen LogP contribution < -0.4 is 0 Å². The zero-order valence-electron chi connectivity index (χ0n) is 12.1. The van der Waals surface area contributed by atoms with Gasteiger partial charge in [-0.05, 0) is 29.6 Å². The van der Waals surface area contributed by atoms with Gasteiger partial charge in [-0.3, -0.25) is 4.90 Å². The largest absolute Gasteiger partial charge is 0.339 e. The predicted molar refractivity (Wildman–Crippen MR) is 82.0 cm³/mol. The van der Waals surface area contributed by atoms with Gasteiger partial charge in [-0.25, -0.2) is 8.78 Å². The fraction of sp³-hybridized carbons (Fsp3) is 0.250. The van der Waals surface area contributed by atoms with Crippen LogP contribution in [0.2, 0.25) is 0 Å². The molecule has 118 valence electrons. The fourth-order valence-corrected chi connectivity index (χ4v) is 3.30. The van der Waals surface area contributed by atoms with Gasteiger partial charge in [0.25, 0.3) is 0 Å². The van der Waals surface area contributed by atoms with E-state index in [2.05, 4.69) is 10.1 Å². The maximum atomic E-state index is 13.6. The van der Waals surface area contributed by atoms with Gasteiger partial charge in [-0.2, -0.15) is 16.3 Å². The minimum atomic E-state index is -0.421. The molecule has 1 saturated heterocycles. The van der Waals surface area contributed by atoms with E-state index in [1.807, 2.05) is 21.7 Å². The SMILES string of the molecule is Fc1ccc(F)c(CN2CC(c3nc(-c4ccsc4)no3)C2)c1. The van der Waals surface area contributed by atoms with Crippen LogP contribution in [0.3, 0.4) is 0 Å². The average molecular weight is 333 g/mol. The minimum absolute atomic E-state index is 0.145. The Morgan fingerprint density at radius 1 is 1.26 bits per heavy atom. The van der Waals surface area contributed by atoms with Crippen molar-refractivity contribution in [3.05, 3.63) is 58.1 Å². The van der Waals surface area contributed by atoms with Crippen molar-refractivity contribution in [2.45, 2.75) is 12.5 Å². The van der Waals surface area contributed by atoms with E-state index < -0.39 is 5.82 Å². The minimum Gasteiger partial charge on any atom is -0.339 e. The van der Waals surface area contributed by atoms with Crippen LogP contribution in [0.4, 0.5) is 8.78 Å². The van der Waals surface area contributed by atoms with Crippen molar-refractivity contribution in [3.63, 3.8) is 0 Å². The maximum Gasteiger partial charge on any atom is 0.232 e. The van der Waals surface area contributed by atoms with Crippen molar-refractivity contribution in [2.75, 3.05) is 13.1 Å². The number of hydrogen-bond donors (Lipinski definition) is 0. The van der Waals surface area contributed by atoms with Crippen LogP contribution in [-0.4, -0.2) is 28.1 Å². The topological polar surface area (TPSA) is 42.2 Å². The van der Waals surface area contributed by atoms with Gasteiger partial charge in [0.05, 0.1) is 5.92 Å². The van der Waals surface area contributed by atoms with Gasteiger partial charge in [0.15, 0.2) is 0 Å². The van der Waals surface area contributed by atoms with E-state index >= 15 is 0 Å². The van der Waals surface area contributed by atoms with E-state index in [4.69, 9.17) is 4.52 Å². The first-order chi connectivity index (χ1) is 11.2. The van der Waals surface area contributed by atoms with Gasteiger partial charge in [-0.15, -0.1) is 0 Å². The van der Waals surface area contributed by atoms with Gasteiger partial charge in [0, 0.05) is 36.1 Å². The summed E-state index contributed by atoms with van der Waals surface area (Å²) in [5.74, 6) is 0.535. The summed E-state index contributed by atoms with van der Waals surface area (Å²) in [5.41, 5.74) is 1.32. The molecule has 0 N–H and O–H groups in total. The number of aromatic nitrogens is 2. The van der Waals surface area contributed by atoms with Crippen LogP contribution in [0.15, 0.2) is 39.5 Å². The Balaban J connectivity index is 1.39. The van der Waals surface area contributed by atoms with Crippen LogP contribution in [0.5, 0.6) is 0 Å². The van der Waals surface area contributed by atoms with Crippen LogP contribution in [0, 0.1) is 11.6 Å². The Bertz CT molecular complexity index is 813. The lowest BCUT2D eigenvalue weighted by atomic mass is 9.99. The Morgan fingerprint density at radius 3 is 2.91 bits per heavy atom. The third-order valence-electron chi connectivity index (χ3n) is 3.93. The molecule has 0 radical (unpaired) electrons. The predicted octanol–water partition coefficient (Wildman–Crippen LogP) is 3.68. The van der Waals surface area contributed by atoms with Crippen molar-refractivity contribution in [1.29, 1.82) is 0 Å². The molecule has 4 nitrogen and oxygen atoms in total. The van der Waals surface area contributed by atoms with Gasteiger partial charge >= 0.3 is 0 Å². The van der Waals surface area contributed by atoms with Crippen LogP contribution in [0.1, 0.15) is 17.4 Å².